The predicted octanol–water partition coefficient (Wildman–Crippen LogP) is 1.07. The Balaban J connectivity index is 2.29. The summed E-state index contributed by atoms with van der Waals surface area (Å²) >= 11 is 0. The molecule has 21 heavy (non-hydrogen) atoms. The number of aromatic nitrogens is 2. The molecular weight excluding hydrogens is 268 g/mol. The van der Waals surface area contributed by atoms with Crippen molar-refractivity contribution < 1.29 is 9.59 Å². The van der Waals surface area contributed by atoms with Crippen molar-refractivity contribution in [1.29, 1.82) is 0 Å². The van der Waals surface area contributed by atoms with Gasteiger partial charge in [0.05, 0.1) is 12.2 Å². The molecule has 116 valence electrons. The highest BCUT2D eigenvalue weighted by Gasteiger charge is 2.47. The minimum Gasteiger partial charge on any atom is -0.342 e. The van der Waals surface area contributed by atoms with E-state index in [9.17, 15) is 9.59 Å². The van der Waals surface area contributed by atoms with Gasteiger partial charge < -0.3 is 10.2 Å². The van der Waals surface area contributed by atoms with Crippen molar-refractivity contribution >= 4 is 11.8 Å². The van der Waals surface area contributed by atoms with Crippen LogP contribution >= 0.6 is 0 Å². The lowest BCUT2D eigenvalue weighted by atomic mass is 9.89. The molecule has 2 amide bonds. The summed E-state index contributed by atoms with van der Waals surface area (Å²) in [5.74, 6) is -0.0216. The van der Waals surface area contributed by atoms with Gasteiger partial charge >= 0.3 is 0 Å². The number of hydrogen-bond acceptors (Lipinski definition) is 3. The minimum absolute atomic E-state index is 0.0281. The van der Waals surface area contributed by atoms with Gasteiger partial charge in [-0.1, -0.05) is 20.3 Å². The van der Waals surface area contributed by atoms with Gasteiger partial charge in [0, 0.05) is 13.2 Å². The maximum atomic E-state index is 12.8. The first kappa shape index (κ1) is 15.5. The molecule has 0 aliphatic carbocycles. The van der Waals surface area contributed by atoms with Crippen molar-refractivity contribution in [3.8, 4) is 0 Å². The summed E-state index contributed by atoms with van der Waals surface area (Å²) < 4.78 is 1.70. The Morgan fingerprint density at radius 3 is 2.62 bits per heavy atom. The molecule has 1 aliphatic rings. The highest BCUT2D eigenvalue weighted by atomic mass is 16.2. The Morgan fingerprint density at radius 2 is 2.10 bits per heavy atom. The van der Waals surface area contributed by atoms with Gasteiger partial charge in [0.15, 0.2) is 0 Å². The third-order valence-corrected chi connectivity index (χ3v) is 4.35. The molecular formula is C15H24N4O2. The minimum atomic E-state index is -0.863. The summed E-state index contributed by atoms with van der Waals surface area (Å²) in [6.45, 7) is 7.91. The quantitative estimate of drug-likeness (QED) is 0.902. The molecule has 2 rings (SSSR count). The monoisotopic (exact) mass is 292 g/mol. The SMILES string of the molecule is CCC(C)C1NC(=O)C(C)(C)N(Cc2ccn(C)n2)C1=O. The van der Waals surface area contributed by atoms with Gasteiger partial charge in [-0.15, -0.1) is 0 Å². The molecule has 1 N–H and O–H groups in total. The predicted molar refractivity (Wildman–Crippen MR) is 79.2 cm³/mol. The van der Waals surface area contributed by atoms with E-state index in [0.717, 1.165) is 12.1 Å². The number of carbonyl (C=O) groups is 2. The van der Waals surface area contributed by atoms with Crippen molar-refractivity contribution in [3.63, 3.8) is 0 Å². The second-order valence-electron chi connectivity index (χ2n) is 6.30. The number of nitrogens with zero attached hydrogens (tertiary/aromatic N) is 3. The second-order valence-corrected chi connectivity index (χ2v) is 6.30. The number of carbonyl (C=O) groups excluding carboxylic acids is 2. The van der Waals surface area contributed by atoms with E-state index in [1.54, 1.807) is 23.4 Å². The van der Waals surface area contributed by atoms with E-state index < -0.39 is 11.6 Å². The van der Waals surface area contributed by atoms with E-state index >= 15 is 0 Å². The second kappa shape index (κ2) is 5.50. The van der Waals surface area contributed by atoms with Gasteiger partial charge in [0.1, 0.15) is 11.6 Å². The fourth-order valence-corrected chi connectivity index (χ4v) is 2.55. The van der Waals surface area contributed by atoms with Gasteiger partial charge in [0.2, 0.25) is 11.8 Å². The molecule has 1 fully saturated rings. The molecule has 1 saturated heterocycles. The molecule has 0 radical (unpaired) electrons. The third-order valence-electron chi connectivity index (χ3n) is 4.35. The Bertz CT molecular complexity index is 550. The number of piperazine rings is 1. The van der Waals surface area contributed by atoms with Crippen LogP contribution in [0.3, 0.4) is 0 Å². The highest BCUT2D eigenvalue weighted by molar-refractivity contribution is 5.99. The van der Waals surface area contributed by atoms with Gasteiger partial charge in [-0.05, 0) is 25.8 Å². The maximum Gasteiger partial charge on any atom is 0.246 e. The molecule has 1 aliphatic heterocycles. The molecule has 2 unspecified atom stereocenters. The molecule has 6 nitrogen and oxygen atoms in total. The molecule has 2 atom stereocenters. The normalized spacial score (nSPS) is 23.1. The van der Waals surface area contributed by atoms with Crippen LogP contribution in [0.15, 0.2) is 12.3 Å². The van der Waals surface area contributed by atoms with Crippen molar-refractivity contribution in [3.05, 3.63) is 18.0 Å². The van der Waals surface area contributed by atoms with Crippen LogP contribution in [0.1, 0.15) is 39.8 Å². The Kier molecular flexibility index (Phi) is 4.07. The van der Waals surface area contributed by atoms with Crippen molar-refractivity contribution in [2.75, 3.05) is 0 Å². The number of aryl methyl sites for hydroxylation is 1. The van der Waals surface area contributed by atoms with Gasteiger partial charge in [-0.3, -0.25) is 14.3 Å². The fourth-order valence-electron chi connectivity index (χ4n) is 2.55. The zero-order valence-corrected chi connectivity index (χ0v) is 13.4. The van der Waals surface area contributed by atoms with Crippen LogP contribution in [0.4, 0.5) is 0 Å². The molecule has 0 bridgehead atoms. The number of nitrogens with one attached hydrogen (secondary N) is 1. The smallest absolute Gasteiger partial charge is 0.246 e. The number of amides is 2. The third kappa shape index (κ3) is 2.80. The molecule has 0 saturated carbocycles. The summed E-state index contributed by atoms with van der Waals surface area (Å²) in [6.07, 6.45) is 2.68. The lowest BCUT2D eigenvalue weighted by Gasteiger charge is -2.45. The topological polar surface area (TPSA) is 67.2 Å². The van der Waals surface area contributed by atoms with Crippen molar-refractivity contribution in [2.45, 2.75) is 52.2 Å². The first-order chi connectivity index (χ1) is 9.77. The molecule has 6 heteroatoms. The molecule has 1 aromatic rings. The average molecular weight is 292 g/mol. The van der Waals surface area contributed by atoms with Crippen LogP contribution in [-0.2, 0) is 23.2 Å². The lowest BCUT2D eigenvalue weighted by molar-refractivity contribution is -0.157. The van der Waals surface area contributed by atoms with Crippen LogP contribution in [0.5, 0.6) is 0 Å². The number of hydrogen-bond donors (Lipinski definition) is 1. The summed E-state index contributed by atoms with van der Waals surface area (Å²) in [5, 5.41) is 7.18. The van der Waals surface area contributed by atoms with Crippen LogP contribution in [0, 0.1) is 5.92 Å². The van der Waals surface area contributed by atoms with Crippen LogP contribution in [-0.4, -0.2) is 38.1 Å². The van der Waals surface area contributed by atoms with Crippen LogP contribution in [0.25, 0.3) is 0 Å². The van der Waals surface area contributed by atoms with E-state index in [1.807, 2.05) is 33.2 Å². The van der Waals surface area contributed by atoms with Crippen LogP contribution in [0.2, 0.25) is 0 Å². The van der Waals surface area contributed by atoms with E-state index in [0.29, 0.717) is 6.54 Å². The maximum absolute atomic E-state index is 12.8. The van der Waals surface area contributed by atoms with E-state index in [1.165, 1.54) is 0 Å². The highest BCUT2D eigenvalue weighted by Crippen LogP contribution is 2.26. The zero-order valence-electron chi connectivity index (χ0n) is 13.4. The fraction of sp³-hybridized carbons (Fsp3) is 0.667. The molecule has 2 heterocycles. The molecule has 0 aromatic carbocycles. The molecule has 1 aromatic heterocycles. The first-order valence-corrected chi connectivity index (χ1v) is 7.38. The van der Waals surface area contributed by atoms with E-state index in [2.05, 4.69) is 10.4 Å². The summed E-state index contributed by atoms with van der Waals surface area (Å²) in [6, 6.07) is 1.42. The average Bonchev–Trinajstić information content (AvgIpc) is 2.84. The Labute approximate surface area is 125 Å². The zero-order chi connectivity index (χ0) is 15.8. The lowest BCUT2D eigenvalue weighted by Crippen LogP contribution is -2.69. The Hall–Kier alpha value is -1.85. The Morgan fingerprint density at radius 1 is 1.43 bits per heavy atom. The van der Waals surface area contributed by atoms with Gasteiger partial charge in [-0.25, -0.2) is 0 Å². The standard InChI is InChI=1S/C15H24N4O2/c1-6-10(2)12-13(20)19(15(3,4)14(21)16-12)9-11-7-8-18(5)17-11/h7-8,10,12H,6,9H2,1-5H3,(H,16,21). The van der Waals surface area contributed by atoms with Crippen molar-refractivity contribution in [2.24, 2.45) is 13.0 Å². The van der Waals surface area contributed by atoms with Crippen LogP contribution < -0.4 is 5.32 Å². The van der Waals surface area contributed by atoms with Gasteiger partial charge in [-0.2, -0.15) is 5.10 Å². The van der Waals surface area contributed by atoms with Gasteiger partial charge in [0.25, 0.3) is 0 Å². The summed E-state index contributed by atoms with van der Waals surface area (Å²) in [7, 11) is 1.83. The van der Waals surface area contributed by atoms with Crippen molar-refractivity contribution in [1.82, 2.24) is 20.0 Å². The van der Waals surface area contributed by atoms with E-state index in [4.69, 9.17) is 0 Å². The van der Waals surface area contributed by atoms with E-state index in [-0.39, 0.29) is 17.7 Å². The first-order valence-electron chi connectivity index (χ1n) is 7.38. The summed E-state index contributed by atoms with van der Waals surface area (Å²) in [5.41, 5.74) is -0.0741. The molecule has 0 spiro atoms. The largest absolute Gasteiger partial charge is 0.342 e. The number of rotatable bonds is 4. The summed E-state index contributed by atoms with van der Waals surface area (Å²) in [4.78, 5) is 26.8.